The molecule has 0 spiro atoms. The van der Waals surface area contributed by atoms with Gasteiger partial charge in [0, 0.05) is 42.7 Å². The summed E-state index contributed by atoms with van der Waals surface area (Å²) in [6.45, 7) is 5.34. The van der Waals surface area contributed by atoms with Gasteiger partial charge in [0.2, 0.25) is 0 Å². The topological polar surface area (TPSA) is 59.1 Å². The molecule has 2 aliphatic heterocycles. The predicted octanol–water partition coefficient (Wildman–Crippen LogP) is 3.76. The Hall–Kier alpha value is -2.38. The van der Waals surface area contributed by atoms with Gasteiger partial charge in [-0.25, -0.2) is 0 Å². The Morgan fingerprint density at radius 1 is 1.23 bits per heavy atom. The number of rotatable bonds is 6. The summed E-state index contributed by atoms with van der Waals surface area (Å²) in [5.41, 5.74) is 1.88. The van der Waals surface area contributed by atoms with Gasteiger partial charge < -0.3 is 19.3 Å². The second kappa shape index (κ2) is 9.01. The molecule has 0 saturated carbocycles. The smallest absolute Gasteiger partial charge is 0.264 e. The van der Waals surface area contributed by atoms with Crippen LogP contribution in [-0.4, -0.2) is 60.5 Å². The molecule has 0 N–H and O–H groups in total. The molecule has 0 aliphatic carbocycles. The fourth-order valence-electron chi connectivity index (χ4n) is 4.18. The first-order valence-corrected chi connectivity index (χ1v) is 11.4. The lowest BCUT2D eigenvalue weighted by molar-refractivity contribution is -0.156. The zero-order valence-corrected chi connectivity index (χ0v) is 19.5. The molecule has 1 fully saturated rings. The Kier molecular flexibility index (Phi) is 6.34. The van der Waals surface area contributed by atoms with E-state index in [4.69, 9.17) is 9.47 Å². The Bertz CT molecular complexity index is 961. The molecular formula is C24H27BrN2O4. The molecule has 3 atom stereocenters. The maximum absolute atomic E-state index is 13.1. The molecule has 2 heterocycles. The Labute approximate surface area is 191 Å². The summed E-state index contributed by atoms with van der Waals surface area (Å²) in [6.07, 6.45) is -1.15. The quantitative estimate of drug-likeness (QED) is 0.623. The number of nitrogens with zero attached hydrogens (tertiary/aromatic N) is 2. The van der Waals surface area contributed by atoms with Gasteiger partial charge in [-0.1, -0.05) is 53.2 Å². The fourth-order valence-corrected chi connectivity index (χ4v) is 4.56. The van der Waals surface area contributed by atoms with Crippen molar-refractivity contribution in [2.24, 2.45) is 0 Å². The molecule has 164 valence electrons. The van der Waals surface area contributed by atoms with Crippen molar-refractivity contribution in [1.82, 2.24) is 9.80 Å². The normalized spacial score (nSPS) is 21.1. The second-order valence-electron chi connectivity index (χ2n) is 8.10. The van der Waals surface area contributed by atoms with E-state index in [0.29, 0.717) is 19.7 Å². The van der Waals surface area contributed by atoms with Crippen LogP contribution in [0.4, 0.5) is 0 Å². The third-order valence-electron chi connectivity index (χ3n) is 6.14. The van der Waals surface area contributed by atoms with Gasteiger partial charge in [0.05, 0.1) is 6.04 Å². The van der Waals surface area contributed by atoms with Crippen LogP contribution in [0.3, 0.4) is 0 Å². The average molecular weight is 487 g/mol. The molecular weight excluding hydrogens is 460 g/mol. The zero-order valence-electron chi connectivity index (χ0n) is 18.0. The molecule has 0 bridgehead atoms. The zero-order chi connectivity index (χ0) is 22.1. The van der Waals surface area contributed by atoms with Crippen molar-refractivity contribution in [2.75, 3.05) is 26.7 Å². The van der Waals surface area contributed by atoms with Crippen molar-refractivity contribution >= 4 is 27.7 Å². The van der Waals surface area contributed by atoms with E-state index in [0.717, 1.165) is 21.3 Å². The minimum Gasteiger partial charge on any atom is -0.480 e. The lowest BCUT2D eigenvalue weighted by Gasteiger charge is -2.45. The number of halogens is 1. The van der Waals surface area contributed by atoms with Crippen LogP contribution in [0.2, 0.25) is 0 Å². The molecule has 2 aromatic rings. The minimum atomic E-state index is -0.612. The number of likely N-dealkylation sites (N-methyl/N-ethyl adjacent to an activating group) is 1. The molecule has 7 heteroatoms. The average Bonchev–Trinajstić information content (AvgIpc) is 3.06. The van der Waals surface area contributed by atoms with E-state index in [1.54, 1.807) is 16.8 Å². The summed E-state index contributed by atoms with van der Waals surface area (Å²) in [4.78, 5) is 29.6. The summed E-state index contributed by atoms with van der Waals surface area (Å²) >= 11 is 3.48. The first-order valence-electron chi connectivity index (χ1n) is 10.6. The van der Waals surface area contributed by atoms with Gasteiger partial charge in [0.15, 0.2) is 12.2 Å². The van der Waals surface area contributed by atoms with Crippen LogP contribution in [0.5, 0.6) is 5.75 Å². The molecule has 2 amide bonds. The number of carbonyl (C=O) groups is 2. The lowest BCUT2D eigenvalue weighted by atomic mass is 9.96. The van der Waals surface area contributed by atoms with Crippen molar-refractivity contribution in [2.45, 2.75) is 38.0 Å². The summed E-state index contributed by atoms with van der Waals surface area (Å²) in [5.74, 6) is 0.616. The molecule has 4 rings (SSSR count). The lowest BCUT2D eigenvalue weighted by Crippen LogP contribution is -2.63. The van der Waals surface area contributed by atoms with Crippen LogP contribution >= 0.6 is 15.9 Å². The van der Waals surface area contributed by atoms with Crippen LogP contribution in [-0.2, 0) is 14.3 Å². The summed E-state index contributed by atoms with van der Waals surface area (Å²) in [7, 11) is 1.79. The van der Waals surface area contributed by atoms with Crippen LogP contribution in [0, 0.1) is 0 Å². The molecule has 0 radical (unpaired) electrons. The number of fused-ring (bicyclic) bond motifs is 1. The van der Waals surface area contributed by atoms with E-state index in [2.05, 4.69) is 15.9 Å². The van der Waals surface area contributed by atoms with E-state index in [-0.39, 0.29) is 23.8 Å². The van der Waals surface area contributed by atoms with Gasteiger partial charge in [-0.2, -0.15) is 0 Å². The number of amides is 2. The number of likely N-dealkylation sites (tertiary alicyclic amines) is 1. The molecule has 2 aromatic carbocycles. The van der Waals surface area contributed by atoms with Crippen molar-refractivity contribution in [3.63, 3.8) is 0 Å². The molecule has 1 saturated heterocycles. The number of benzene rings is 2. The molecule has 1 unspecified atom stereocenters. The van der Waals surface area contributed by atoms with Gasteiger partial charge >= 0.3 is 0 Å². The summed E-state index contributed by atoms with van der Waals surface area (Å²) in [6, 6.07) is 15.3. The number of carbonyl (C=O) groups excluding carboxylic acids is 2. The summed E-state index contributed by atoms with van der Waals surface area (Å²) in [5, 5.41) is 0. The Morgan fingerprint density at radius 2 is 1.94 bits per heavy atom. The SMILES string of the molecule is CCOC(C(=O)N1CC(N(C)C(=O)[C@@H]2Oc3ccc(Br)cc3[C@@H]2C)C1)c1ccccc1. The highest BCUT2D eigenvalue weighted by atomic mass is 79.9. The third-order valence-corrected chi connectivity index (χ3v) is 6.64. The number of hydrogen-bond acceptors (Lipinski definition) is 4. The summed E-state index contributed by atoms with van der Waals surface area (Å²) < 4.78 is 12.7. The predicted molar refractivity (Wildman–Crippen MR) is 121 cm³/mol. The van der Waals surface area contributed by atoms with Gasteiger partial charge in [-0.3, -0.25) is 9.59 Å². The first-order chi connectivity index (χ1) is 14.9. The van der Waals surface area contributed by atoms with Crippen LogP contribution < -0.4 is 4.74 Å². The fraction of sp³-hybridized carbons (Fsp3) is 0.417. The van der Waals surface area contributed by atoms with Crippen LogP contribution in [0.25, 0.3) is 0 Å². The van der Waals surface area contributed by atoms with Gasteiger partial charge in [-0.05, 0) is 30.7 Å². The van der Waals surface area contributed by atoms with E-state index >= 15 is 0 Å². The van der Waals surface area contributed by atoms with Crippen molar-refractivity contribution in [3.05, 3.63) is 64.1 Å². The van der Waals surface area contributed by atoms with Crippen molar-refractivity contribution < 1.29 is 19.1 Å². The molecule has 0 aromatic heterocycles. The van der Waals surface area contributed by atoms with Crippen LogP contribution in [0.15, 0.2) is 53.0 Å². The molecule has 31 heavy (non-hydrogen) atoms. The highest BCUT2D eigenvalue weighted by Gasteiger charge is 2.43. The van der Waals surface area contributed by atoms with Crippen LogP contribution in [0.1, 0.15) is 37.0 Å². The first kappa shape index (κ1) is 21.8. The Morgan fingerprint density at radius 3 is 2.61 bits per heavy atom. The molecule has 6 nitrogen and oxygen atoms in total. The molecule has 2 aliphatic rings. The maximum Gasteiger partial charge on any atom is 0.264 e. The highest BCUT2D eigenvalue weighted by molar-refractivity contribution is 9.10. The van der Waals surface area contributed by atoms with Gasteiger partial charge in [0.25, 0.3) is 11.8 Å². The van der Waals surface area contributed by atoms with Gasteiger partial charge in [-0.15, -0.1) is 0 Å². The van der Waals surface area contributed by atoms with Crippen molar-refractivity contribution in [1.29, 1.82) is 0 Å². The largest absolute Gasteiger partial charge is 0.480 e. The van der Waals surface area contributed by atoms with E-state index in [1.165, 1.54) is 0 Å². The monoisotopic (exact) mass is 486 g/mol. The highest BCUT2D eigenvalue weighted by Crippen LogP contribution is 2.40. The second-order valence-corrected chi connectivity index (χ2v) is 9.02. The van der Waals surface area contributed by atoms with E-state index in [1.807, 2.05) is 62.4 Å². The number of ether oxygens (including phenoxy) is 2. The van der Waals surface area contributed by atoms with Crippen molar-refractivity contribution in [3.8, 4) is 5.75 Å². The van der Waals surface area contributed by atoms with E-state index < -0.39 is 12.2 Å². The van der Waals surface area contributed by atoms with Gasteiger partial charge in [0.1, 0.15) is 5.75 Å². The number of hydrogen-bond donors (Lipinski definition) is 0. The van der Waals surface area contributed by atoms with E-state index in [9.17, 15) is 9.59 Å². The Balaban J connectivity index is 1.37. The third kappa shape index (κ3) is 4.21. The minimum absolute atomic E-state index is 0.0271. The maximum atomic E-state index is 13.1. The standard InChI is InChI=1S/C24H27BrN2O4/c1-4-30-22(16-8-6-5-7-9-16)24(29)27-13-18(14-27)26(3)23(28)21-15(2)19-12-17(25)10-11-20(19)31-21/h5-12,15,18,21-22H,4,13-14H2,1-3H3/t15-,21+,22?/m0/s1.